The average molecular weight is 359 g/mol. The third-order valence-electron chi connectivity index (χ3n) is 5.40. The number of phenolic OH excluding ortho intramolecular Hbond substituents is 1. The number of hydrogen-bond donors (Lipinski definition) is 1. The van der Waals surface area contributed by atoms with Crippen LogP contribution in [0.3, 0.4) is 0 Å². The molecule has 0 amide bonds. The molecule has 0 atom stereocenters. The Labute approximate surface area is 163 Å². The van der Waals surface area contributed by atoms with E-state index < -0.39 is 0 Å². The number of benzene rings is 3. The monoisotopic (exact) mass is 358 g/mol. The molecule has 0 spiro atoms. The predicted molar refractivity (Wildman–Crippen MR) is 116 cm³/mol. The topological polar surface area (TPSA) is 20.2 Å². The molecule has 3 aromatic rings. The highest BCUT2D eigenvalue weighted by Crippen LogP contribution is 2.41. The Kier molecular flexibility index (Phi) is 6.34. The molecule has 0 bridgehead atoms. The number of hydrogen-bond acceptors (Lipinski definition) is 1. The van der Waals surface area contributed by atoms with Gasteiger partial charge in [-0.25, -0.2) is 0 Å². The normalized spacial score (nSPS) is 10.9. The number of aryl methyl sites for hydroxylation is 2. The minimum atomic E-state index is 0.380. The van der Waals surface area contributed by atoms with Crippen molar-refractivity contribution in [3.8, 4) is 28.0 Å². The lowest BCUT2D eigenvalue weighted by molar-refractivity contribution is 0.471. The van der Waals surface area contributed by atoms with E-state index in [0.717, 1.165) is 29.5 Å². The maximum Gasteiger partial charge on any atom is 0.119 e. The van der Waals surface area contributed by atoms with E-state index in [4.69, 9.17) is 0 Å². The Morgan fingerprint density at radius 2 is 1.44 bits per heavy atom. The van der Waals surface area contributed by atoms with Gasteiger partial charge < -0.3 is 5.11 Å². The second kappa shape index (κ2) is 8.90. The fourth-order valence-corrected chi connectivity index (χ4v) is 3.81. The molecule has 140 valence electrons. The molecule has 0 saturated heterocycles. The maximum atomic E-state index is 10.5. The zero-order valence-corrected chi connectivity index (χ0v) is 16.8. The zero-order valence-electron chi connectivity index (χ0n) is 16.8. The van der Waals surface area contributed by atoms with Crippen LogP contribution in [0.25, 0.3) is 22.3 Å². The molecular weight excluding hydrogens is 328 g/mol. The quantitative estimate of drug-likeness (QED) is 0.438. The van der Waals surface area contributed by atoms with Crippen LogP contribution in [0.2, 0.25) is 0 Å². The molecule has 0 heterocycles. The molecule has 0 aliphatic rings. The summed E-state index contributed by atoms with van der Waals surface area (Å²) in [6, 6.07) is 21.4. The van der Waals surface area contributed by atoms with Crippen molar-refractivity contribution in [3.05, 3.63) is 77.4 Å². The zero-order chi connectivity index (χ0) is 19.2. The smallest absolute Gasteiger partial charge is 0.119 e. The summed E-state index contributed by atoms with van der Waals surface area (Å²) >= 11 is 0. The minimum absolute atomic E-state index is 0.380. The van der Waals surface area contributed by atoms with Gasteiger partial charge in [-0.1, -0.05) is 81.3 Å². The first-order valence-electron chi connectivity index (χ1n) is 10.2. The summed E-state index contributed by atoms with van der Waals surface area (Å²) in [5, 5.41) is 10.5. The van der Waals surface area contributed by atoms with Crippen LogP contribution in [0.15, 0.2) is 60.7 Å². The van der Waals surface area contributed by atoms with Gasteiger partial charge in [0.05, 0.1) is 0 Å². The first-order chi connectivity index (χ1) is 13.2. The summed E-state index contributed by atoms with van der Waals surface area (Å²) in [6.07, 6.45) is 5.84. The number of aromatic hydroxyl groups is 1. The fraction of sp³-hybridized carbons (Fsp3) is 0.308. The molecule has 0 aromatic heterocycles. The highest BCUT2D eigenvalue weighted by molar-refractivity contribution is 5.89. The van der Waals surface area contributed by atoms with Crippen molar-refractivity contribution >= 4 is 0 Å². The van der Waals surface area contributed by atoms with Gasteiger partial charge >= 0.3 is 0 Å². The van der Waals surface area contributed by atoms with Gasteiger partial charge in [0, 0.05) is 0 Å². The summed E-state index contributed by atoms with van der Waals surface area (Å²) < 4.78 is 0. The Morgan fingerprint density at radius 3 is 2.07 bits per heavy atom. The fourth-order valence-electron chi connectivity index (χ4n) is 3.81. The van der Waals surface area contributed by atoms with Crippen LogP contribution in [0, 0.1) is 6.92 Å². The van der Waals surface area contributed by atoms with Gasteiger partial charge in [0.2, 0.25) is 0 Å². The van der Waals surface area contributed by atoms with Crippen LogP contribution >= 0.6 is 0 Å². The summed E-state index contributed by atoms with van der Waals surface area (Å²) in [4.78, 5) is 0. The molecule has 1 heteroatoms. The van der Waals surface area contributed by atoms with E-state index in [1.165, 1.54) is 41.5 Å². The van der Waals surface area contributed by atoms with Gasteiger partial charge in [-0.2, -0.15) is 0 Å². The summed E-state index contributed by atoms with van der Waals surface area (Å²) in [5.41, 5.74) is 8.32. The van der Waals surface area contributed by atoms with Gasteiger partial charge in [0.15, 0.2) is 0 Å². The van der Waals surface area contributed by atoms with Crippen molar-refractivity contribution in [1.82, 2.24) is 0 Å². The Balaban J connectivity index is 2.10. The molecule has 0 unspecified atom stereocenters. The SMILES string of the molecule is CCCCCc1ccc(-c2c(CC)cc(O)c(C)c2-c2ccccc2)cc1. The van der Waals surface area contributed by atoms with Crippen LogP contribution in [0.4, 0.5) is 0 Å². The molecule has 0 aliphatic heterocycles. The maximum absolute atomic E-state index is 10.5. The third kappa shape index (κ3) is 4.24. The van der Waals surface area contributed by atoms with E-state index in [-0.39, 0.29) is 0 Å². The number of rotatable bonds is 7. The minimum Gasteiger partial charge on any atom is -0.508 e. The molecule has 0 fully saturated rings. The molecule has 1 N–H and O–H groups in total. The van der Waals surface area contributed by atoms with Gasteiger partial charge in [-0.15, -0.1) is 0 Å². The van der Waals surface area contributed by atoms with Crippen LogP contribution in [0.5, 0.6) is 5.75 Å². The third-order valence-corrected chi connectivity index (χ3v) is 5.40. The van der Waals surface area contributed by atoms with Crippen molar-refractivity contribution in [1.29, 1.82) is 0 Å². The van der Waals surface area contributed by atoms with E-state index >= 15 is 0 Å². The molecule has 0 aliphatic carbocycles. The summed E-state index contributed by atoms with van der Waals surface area (Å²) in [7, 11) is 0. The largest absolute Gasteiger partial charge is 0.508 e. The lowest BCUT2D eigenvalue weighted by Crippen LogP contribution is -1.96. The Morgan fingerprint density at radius 1 is 0.778 bits per heavy atom. The van der Waals surface area contributed by atoms with E-state index in [2.05, 4.69) is 62.4 Å². The van der Waals surface area contributed by atoms with Gasteiger partial charge in [-0.05, 0) is 71.2 Å². The standard InChI is InChI=1S/C26H30O/c1-4-6-8-11-20-14-16-23(17-15-20)26-21(5-2)18-24(27)19(3)25(26)22-12-9-7-10-13-22/h7,9-10,12-18,27H,4-6,8,11H2,1-3H3. The summed E-state index contributed by atoms with van der Waals surface area (Å²) in [6.45, 7) is 6.41. The number of unbranched alkanes of at least 4 members (excludes halogenated alkanes) is 2. The van der Waals surface area contributed by atoms with E-state index in [1.54, 1.807) is 0 Å². The molecule has 27 heavy (non-hydrogen) atoms. The highest BCUT2D eigenvalue weighted by Gasteiger charge is 2.17. The van der Waals surface area contributed by atoms with Crippen molar-refractivity contribution < 1.29 is 5.11 Å². The second-order valence-corrected chi connectivity index (χ2v) is 7.30. The van der Waals surface area contributed by atoms with Crippen molar-refractivity contribution in [2.45, 2.75) is 52.9 Å². The van der Waals surface area contributed by atoms with Crippen molar-refractivity contribution in [2.75, 3.05) is 0 Å². The molecule has 3 aromatic carbocycles. The van der Waals surface area contributed by atoms with Crippen LogP contribution in [-0.2, 0) is 12.8 Å². The van der Waals surface area contributed by atoms with E-state index in [1.807, 2.05) is 19.1 Å². The molecular formula is C26H30O. The second-order valence-electron chi connectivity index (χ2n) is 7.30. The first kappa shape index (κ1) is 19.2. The Hall–Kier alpha value is -2.54. The van der Waals surface area contributed by atoms with Crippen LogP contribution in [0.1, 0.15) is 49.8 Å². The van der Waals surface area contributed by atoms with Crippen LogP contribution < -0.4 is 0 Å². The van der Waals surface area contributed by atoms with Gasteiger partial charge in [0.1, 0.15) is 5.75 Å². The lowest BCUT2D eigenvalue weighted by atomic mass is 9.85. The molecule has 0 saturated carbocycles. The van der Waals surface area contributed by atoms with Gasteiger partial charge in [0.25, 0.3) is 0 Å². The highest BCUT2D eigenvalue weighted by atomic mass is 16.3. The van der Waals surface area contributed by atoms with Crippen LogP contribution in [-0.4, -0.2) is 5.11 Å². The lowest BCUT2D eigenvalue weighted by Gasteiger charge is -2.19. The molecule has 1 nitrogen and oxygen atoms in total. The Bertz CT molecular complexity index is 876. The van der Waals surface area contributed by atoms with E-state index in [0.29, 0.717) is 5.75 Å². The van der Waals surface area contributed by atoms with Gasteiger partial charge in [-0.3, -0.25) is 0 Å². The predicted octanol–water partition coefficient (Wildman–Crippen LogP) is 7.33. The van der Waals surface area contributed by atoms with E-state index in [9.17, 15) is 5.11 Å². The summed E-state index contributed by atoms with van der Waals surface area (Å²) in [5.74, 6) is 0.380. The molecule has 0 radical (unpaired) electrons. The van der Waals surface area contributed by atoms with Crippen molar-refractivity contribution in [3.63, 3.8) is 0 Å². The first-order valence-corrected chi connectivity index (χ1v) is 10.2. The van der Waals surface area contributed by atoms with Crippen molar-refractivity contribution in [2.24, 2.45) is 0 Å². The average Bonchev–Trinajstić information content (AvgIpc) is 2.71. The number of phenols is 1. The molecule has 3 rings (SSSR count).